The third-order valence-corrected chi connectivity index (χ3v) is 2.91. The average Bonchev–Trinajstić information content (AvgIpc) is 2.67. The van der Waals surface area contributed by atoms with E-state index in [1.165, 1.54) is 0 Å². The number of rotatable bonds is 8. The highest BCUT2D eigenvalue weighted by atomic mass is 16.5. The van der Waals surface area contributed by atoms with Gasteiger partial charge in [0.15, 0.2) is 0 Å². The molecule has 1 heterocycles. The molecule has 0 aliphatic carbocycles. The largest absolute Gasteiger partial charge is 0.395 e. The molecule has 0 aromatic carbocycles. The van der Waals surface area contributed by atoms with E-state index >= 15 is 0 Å². The normalized spacial score (nSPS) is 11.1. The molecular formula is C14H26N4O2. The molecule has 0 saturated heterocycles. The first-order valence-electron chi connectivity index (χ1n) is 7.14. The summed E-state index contributed by atoms with van der Waals surface area (Å²) in [5.74, 6) is 0.354. The van der Waals surface area contributed by atoms with Crippen molar-refractivity contribution in [3.8, 4) is 0 Å². The van der Waals surface area contributed by atoms with Crippen LogP contribution < -0.4 is 11.1 Å². The average molecular weight is 282 g/mol. The van der Waals surface area contributed by atoms with Crippen molar-refractivity contribution < 1.29 is 9.53 Å². The summed E-state index contributed by atoms with van der Waals surface area (Å²) >= 11 is 0. The fourth-order valence-electron chi connectivity index (χ4n) is 1.91. The van der Waals surface area contributed by atoms with Crippen molar-refractivity contribution in [2.24, 2.45) is 13.0 Å². The Bertz CT molecular complexity index is 441. The predicted octanol–water partition coefficient (Wildman–Crippen LogP) is 1.36. The van der Waals surface area contributed by atoms with Gasteiger partial charge in [0.05, 0.1) is 11.4 Å². The number of aromatic nitrogens is 2. The Morgan fingerprint density at radius 1 is 1.50 bits per heavy atom. The van der Waals surface area contributed by atoms with Gasteiger partial charge >= 0.3 is 0 Å². The van der Waals surface area contributed by atoms with Crippen molar-refractivity contribution in [1.82, 2.24) is 15.1 Å². The minimum absolute atomic E-state index is 0.180. The Kier molecular flexibility index (Phi) is 6.51. The lowest BCUT2D eigenvalue weighted by Crippen LogP contribution is -2.28. The number of hydrogen-bond donors (Lipinski definition) is 2. The Morgan fingerprint density at radius 3 is 2.75 bits per heavy atom. The Labute approximate surface area is 120 Å². The molecule has 0 atom stereocenters. The van der Waals surface area contributed by atoms with Crippen LogP contribution in [0.5, 0.6) is 0 Å². The van der Waals surface area contributed by atoms with Gasteiger partial charge in [-0.1, -0.05) is 20.8 Å². The molecule has 1 aromatic heterocycles. The van der Waals surface area contributed by atoms with Crippen molar-refractivity contribution in [3.63, 3.8) is 0 Å². The van der Waals surface area contributed by atoms with Gasteiger partial charge in [0.25, 0.3) is 5.91 Å². The van der Waals surface area contributed by atoms with Crippen LogP contribution in [0.25, 0.3) is 0 Å². The van der Waals surface area contributed by atoms with Crippen LogP contribution in [-0.4, -0.2) is 35.4 Å². The highest BCUT2D eigenvalue weighted by molar-refractivity contribution is 5.97. The van der Waals surface area contributed by atoms with Crippen LogP contribution in [0, 0.1) is 5.92 Å². The fourth-order valence-corrected chi connectivity index (χ4v) is 1.91. The van der Waals surface area contributed by atoms with E-state index in [9.17, 15) is 4.79 Å². The molecular weight excluding hydrogens is 256 g/mol. The zero-order valence-electron chi connectivity index (χ0n) is 12.9. The van der Waals surface area contributed by atoms with Crippen LogP contribution in [0.1, 0.15) is 43.4 Å². The van der Waals surface area contributed by atoms with Crippen molar-refractivity contribution in [1.29, 1.82) is 0 Å². The molecule has 0 fully saturated rings. The number of nitrogen functional groups attached to an aromatic ring is 1. The third kappa shape index (κ3) is 4.52. The maximum absolute atomic E-state index is 12.1. The summed E-state index contributed by atoms with van der Waals surface area (Å²) in [4.78, 5) is 12.1. The van der Waals surface area contributed by atoms with Gasteiger partial charge in [-0.3, -0.25) is 9.48 Å². The SMILES string of the molecule is CCc1nn(C)c(C(=O)NCCCOCC(C)C)c1N. The third-order valence-electron chi connectivity index (χ3n) is 2.91. The smallest absolute Gasteiger partial charge is 0.271 e. The van der Waals surface area contributed by atoms with E-state index in [4.69, 9.17) is 10.5 Å². The zero-order valence-corrected chi connectivity index (χ0v) is 12.9. The van der Waals surface area contributed by atoms with Crippen molar-refractivity contribution in [2.45, 2.75) is 33.6 Å². The minimum Gasteiger partial charge on any atom is -0.395 e. The lowest BCUT2D eigenvalue weighted by atomic mass is 10.2. The van der Waals surface area contributed by atoms with Gasteiger partial charge in [0.1, 0.15) is 5.69 Å². The highest BCUT2D eigenvalue weighted by Gasteiger charge is 2.18. The number of carbonyl (C=O) groups is 1. The van der Waals surface area contributed by atoms with Gasteiger partial charge in [-0.15, -0.1) is 0 Å². The number of carbonyl (C=O) groups excluding carboxylic acids is 1. The Hall–Kier alpha value is -1.56. The summed E-state index contributed by atoms with van der Waals surface area (Å²) in [6.07, 6.45) is 1.51. The first-order valence-corrected chi connectivity index (χ1v) is 7.14. The van der Waals surface area contributed by atoms with Crippen LogP contribution in [0.15, 0.2) is 0 Å². The molecule has 0 aliphatic heterocycles. The van der Waals surface area contributed by atoms with Crippen LogP contribution in [0.2, 0.25) is 0 Å². The molecule has 6 heteroatoms. The highest BCUT2D eigenvalue weighted by Crippen LogP contribution is 2.16. The van der Waals surface area contributed by atoms with Gasteiger partial charge in [0, 0.05) is 26.8 Å². The molecule has 6 nitrogen and oxygen atoms in total. The minimum atomic E-state index is -0.180. The predicted molar refractivity (Wildman–Crippen MR) is 79.6 cm³/mol. The number of nitrogens with zero attached hydrogens (tertiary/aromatic N) is 2. The van der Waals surface area contributed by atoms with E-state index in [2.05, 4.69) is 24.3 Å². The molecule has 20 heavy (non-hydrogen) atoms. The quantitative estimate of drug-likeness (QED) is 0.705. The van der Waals surface area contributed by atoms with Crippen LogP contribution in [0.4, 0.5) is 5.69 Å². The molecule has 0 radical (unpaired) electrons. The van der Waals surface area contributed by atoms with Gasteiger partial charge in [0.2, 0.25) is 0 Å². The number of ether oxygens (including phenoxy) is 1. The van der Waals surface area contributed by atoms with Crippen molar-refractivity contribution in [2.75, 3.05) is 25.5 Å². The van der Waals surface area contributed by atoms with E-state index in [0.717, 1.165) is 25.1 Å². The Morgan fingerprint density at radius 2 is 2.20 bits per heavy atom. The maximum Gasteiger partial charge on any atom is 0.271 e. The van der Waals surface area contributed by atoms with Gasteiger partial charge in [-0.2, -0.15) is 5.10 Å². The summed E-state index contributed by atoms with van der Waals surface area (Å²) in [5, 5.41) is 7.08. The molecule has 1 rings (SSSR count). The number of anilines is 1. The molecule has 3 N–H and O–H groups in total. The van der Waals surface area contributed by atoms with Gasteiger partial charge in [-0.05, 0) is 18.8 Å². The van der Waals surface area contributed by atoms with E-state index in [-0.39, 0.29) is 5.91 Å². The summed E-state index contributed by atoms with van der Waals surface area (Å²) in [6.45, 7) is 8.16. The summed E-state index contributed by atoms with van der Waals surface area (Å²) in [7, 11) is 1.73. The maximum atomic E-state index is 12.1. The number of nitrogens with one attached hydrogen (secondary N) is 1. The Balaban J connectivity index is 2.38. The molecule has 0 saturated carbocycles. The molecule has 0 spiro atoms. The van der Waals surface area contributed by atoms with E-state index in [1.807, 2.05) is 6.92 Å². The first kappa shape index (κ1) is 16.5. The summed E-state index contributed by atoms with van der Waals surface area (Å²) < 4.78 is 7.00. The standard InChI is InChI=1S/C14H26N4O2/c1-5-11-12(15)13(18(4)17-11)14(19)16-7-6-8-20-9-10(2)3/h10H,5-9,15H2,1-4H3,(H,16,19). The topological polar surface area (TPSA) is 82.2 Å². The second-order valence-corrected chi connectivity index (χ2v) is 5.26. The van der Waals surface area contributed by atoms with E-state index < -0.39 is 0 Å². The first-order chi connectivity index (χ1) is 9.47. The van der Waals surface area contributed by atoms with Crippen molar-refractivity contribution >= 4 is 11.6 Å². The fraction of sp³-hybridized carbons (Fsp3) is 0.714. The number of nitrogens with two attached hydrogens (primary N) is 1. The second kappa shape index (κ2) is 7.89. The molecule has 0 unspecified atom stereocenters. The number of aryl methyl sites for hydroxylation is 2. The van der Waals surface area contributed by atoms with Gasteiger partial charge in [-0.25, -0.2) is 0 Å². The monoisotopic (exact) mass is 282 g/mol. The van der Waals surface area contributed by atoms with Crippen LogP contribution in [-0.2, 0) is 18.2 Å². The number of hydrogen-bond acceptors (Lipinski definition) is 4. The molecule has 1 aromatic rings. The molecule has 0 bridgehead atoms. The van der Waals surface area contributed by atoms with E-state index in [0.29, 0.717) is 30.5 Å². The zero-order chi connectivity index (χ0) is 15.1. The van der Waals surface area contributed by atoms with Crippen LogP contribution in [0.3, 0.4) is 0 Å². The lowest BCUT2D eigenvalue weighted by molar-refractivity contribution is 0.0917. The van der Waals surface area contributed by atoms with Gasteiger partial charge < -0.3 is 15.8 Å². The summed E-state index contributed by atoms with van der Waals surface area (Å²) in [5.41, 5.74) is 7.60. The van der Waals surface area contributed by atoms with E-state index in [1.54, 1.807) is 11.7 Å². The second-order valence-electron chi connectivity index (χ2n) is 5.26. The molecule has 0 aliphatic rings. The summed E-state index contributed by atoms with van der Waals surface area (Å²) in [6, 6.07) is 0. The molecule has 114 valence electrons. The van der Waals surface area contributed by atoms with Crippen LogP contribution >= 0.6 is 0 Å². The van der Waals surface area contributed by atoms with Crippen molar-refractivity contribution in [3.05, 3.63) is 11.4 Å². The number of amides is 1. The molecule has 1 amide bonds. The lowest BCUT2D eigenvalue weighted by Gasteiger charge is -2.08.